The molecule has 0 amide bonds. The second kappa shape index (κ2) is 4.51. The van der Waals surface area contributed by atoms with Gasteiger partial charge >= 0.3 is 0 Å². The maximum atomic E-state index is 5.77. The van der Waals surface area contributed by atoms with Crippen LogP contribution in [0, 0.1) is 0 Å². The summed E-state index contributed by atoms with van der Waals surface area (Å²) in [6.45, 7) is 0. The van der Waals surface area contributed by atoms with Crippen LogP contribution < -0.4 is 11.1 Å². The Kier molecular flexibility index (Phi) is 3.07. The van der Waals surface area contributed by atoms with Crippen LogP contribution in [0.3, 0.4) is 0 Å². The number of benzene rings is 1. The highest BCUT2D eigenvalue weighted by atomic mass is 35.5. The van der Waals surface area contributed by atoms with Crippen molar-refractivity contribution in [3.63, 3.8) is 0 Å². The van der Waals surface area contributed by atoms with Gasteiger partial charge in [0.2, 0.25) is 0 Å². The number of nitrogens with two attached hydrogens (primary N) is 1. The summed E-state index contributed by atoms with van der Waals surface area (Å²) in [4.78, 5) is 0. The van der Waals surface area contributed by atoms with Crippen LogP contribution in [0.1, 0.15) is 0 Å². The molecule has 2 rings (SSSR count). The summed E-state index contributed by atoms with van der Waals surface area (Å²) in [5, 5.41) is 8.14. The van der Waals surface area contributed by atoms with Crippen molar-refractivity contribution in [2.45, 2.75) is 0 Å². The first-order valence-corrected chi connectivity index (χ1v) is 5.32. The Balaban J connectivity index is 2.10. The molecule has 0 saturated heterocycles. The summed E-state index contributed by atoms with van der Waals surface area (Å²) in [5.41, 5.74) is 6.34. The molecule has 6 heteroatoms. The monoisotopic (exact) mass is 252 g/mol. The Morgan fingerprint density at radius 3 is 2.56 bits per heavy atom. The number of nitrogen functional groups attached to an aromatic ring is 1. The minimum Gasteiger partial charge on any atom is -0.382 e. The Labute approximate surface area is 103 Å². The first-order chi connectivity index (χ1) is 7.65. The van der Waals surface area contributed by atoms with Crippen molar-refractivity contribution in [2.24, 2.45) is 0 Å². The normalized spacial score (nSPS) is 10.1. The van der Waals surface area contributed by atoms with Crippen LogP contribution in [0.15, 0.2) is 36.5 Å². The summed E-state index contributed by atoms with van der Waals surface area (Å²) in [7, 11) is 0. The van der Waals surface area contributed by atoms with Gasteiger partial charge in [-0.3, -0.25) is 0 Å². The third kappa shape index (κ3) is 2.50. The Bertz CT molecular complexity index is 506. The smallest absolute Gasteiger partial charge is 0.198 e. The van der Waals surface area contributed by atoms with Gasteiger partial charge in [0.05, 0.1) is 0 Å². The van der Waals surface area contributed by atoms with Crippen LogP contribution >= 0.6 is 23.8 Å². The average molecular weight is 253 g/mol. The van der Waals surface area contributed by atoms with Gasteiger partial charge in [0.25, 0.3) is 0 Å². The SMILES string of the molecule is Nc1ccn(C(=S)Nc2ccc(Cl)cc2)n1. The number of rotatable bonds is 1. The lowest BCUT2D eigenvalue weighted by Gasteiger charge is -2.07. The summed E-state index contributed by atoms with van der Waals surface area (Å²) in [6, 6.07) is 8.91. The van der Waals surface area contributed by atoms with Crippen LogP contribution in [-0.4, -0.2) is 14.9 Å². The number of thiocarbonyl (C=S) groups is 1. The molecule has 2 aromatic rings. The van der Waals surface area contributed by atoms with E-state index in [1.54, 1.807) is 24.4 Å². The van der Waals surface area contributed by atoms with Gasteiger partial charge in [-0.05, 0) is 36.5 Å². The van der Waals surface area contributed by atoms with Crippen molar-refractivity contribution >= 4 is 40.4 Å². The third-order valence-corrected chi connectivity index (χ3v) is 2.45. The number of aromatic nitrogens is 2. The van der Waals surface area contributed by atoms with E-state index in [0.29, 0.717) is 16.0 Å². The molecule has 16 heavy (non-hydrogen) atoms. The minimum absolute atomic E-state index is 0.431. The molecule has 82 valence electrons. The van der Waals surface area contributed by atoms with E-state index in [9.17, 15) is 0 Å². The first-order valence-electron chi connectivity index (χ1n) is 4.53. The fourth-order valence-electron chi connectivity index (χ4n) is 1.17. The van der Waals surface area contributed by atoms with Gasteiger partial charge in [-0.15, -0.1) is 5.10 Å². The molecule has 0 spiro atoms. The van der Waals surface area contributed by atoms with E-state index in [1.165, 1.54) is 4.68 Å². The molecule has 0 unspecified atom stereocenters. The van der Waals surface area contributed by atoms with Crippen molar-refractivity contribution in [1.29, 1.82) is 0 Å². The zero-order valence-electron chi connectivity index (χ0n) is 8.22. The largest absolute Gasteiger partial charge is 0.382 e. The van der Waals surface area contributed by atoms with E-state index >= 15 is 0 Å². The number of anilines is 2. The van der Waals surface area contributed by atoms with Crippen molar-refractivity contribution in [3.05, 3.63) is 41.6 Å². The lowest BCUT2D eigenvalue weighted by molar-refractivity contribution is 0.953. The van der Waals surface area contributed by atoms with E-state index in [-0.39, 0.29) is 0 Å². The predicted molar refractivity (Wildman–Crippen MR) is 69.7 cm³/mol. The molecule has 0 bridgehead atoms. The molecule has 1 heterocycles. The molecule has 0 saturated carbocycles. The second-order valence-electron chi connectivity index (χ2n) is 3.12. The quantitative estimate of drug-likeness (QED) is 0.765. The van der Waals surface area contributed by atoms with Crippen LogP contribution in [0.25, 0.3) is 0 Å². The molecule has 0 aliphatic rings. The number of hydrogen-bond acceptors (Lipinski definition) is 3. The summed E-state index contributed by atoms with van der Waals surface area (Å²) < 4.78 is 1.50. The molecule has 0 atom stereocenters. The van der Waals surface area contributed by atoms with E-state index in [4.69, 9.17) is 29.6 Å². The molecule has 0 aliphatic heterocycles. The predicted octanol–water partition coefficient (Wildman–Crippen LogP) is 2.36. The van der Waals surface area contributed by atoms with Crippen molar-refractivity contribution in [1.82, 2.24) is 9.78 Å². The molecule has 0 fully saturated rings. The average Bonchev–Trinajstić information content (AvgIpc) is 2.68. The Morgan fingerprint density at radius 1 is 1.31 bits per heavy atom. The zero-order valence-corrected chi connectivity index (χ0v) is 9.79. The number of nitrogens with one attached hydrogen (secondary N) is 1. The standard InChI is InChI=1S/C10H9ClN4S/c11-7-1-3-8(4-2-7)13-10(16)15-6-5-9(12)14-15/h1-6H,(H2,12,14)(H,13,16). The maximum absolute atomic E-state index is 5.77. The molecule has 4 nitrogen and oxygen atoms in total. The van der Waals surface area contributed by atoms with Gasteiger partial charge in [0.15, 0.2) is 5.11 Å². The van der Waals surface area contributed by atoms with Gasteiger partial charge in [-0.2, -0.15) is 0 Å². The Morgan fingerprint density at radius 2 is 2.00 bits per heavy atom. The highest BCUT2D eigenvalue weighted by molar-refractivity contribution is 7.80. The van der Waals surface area contributed by atoms with Gasteiger partial charge in [0, 0.05) is 23.0 Å². The summed E-state index contributed by atoms with van der Waals surface area (Å²) in [5.74, 6) is 0.431. The van der Waals surface area contributed by atoms with E-state index in [1.807, 2.05) is 12.1 Å². The van der Waals surface area contributed by atoms with E-state index < -0.39 is 0 Å². The van der Waals surface area contributed by atoms with Crippen molar-refractivity contribution < 1.29 is 0 Å². The highest BCUT2D eigenvalue weighted by Gasteiger charge is 2.01. The highest BCUT2D eigenvalue weighted by Crippen LogP contribution is 2.13. The van der Waals surface area contributed by atoms with E-state index in [2.05, 4.69) is 10.4 Å². The molecule has 0 aliphatic carbocycles. The second-order valence-corrected chi connectivity index (χ2v) is 3.95. The zero-order chi connectivity index (χ0) is 11.5. The number of halogens is 1. The maximum Gasteiger partial charge on any atom is 0.198 e. The van der Waals surface area contributed by atoms with Crippen LogP contribution in [0.4, 0.5) is 11.5 Å². The van der Waals surface area contributed by atoms with Crippen molar-refractivity contribution in [2.75, 3.05) is 11.1 Å². The molecule has 3 N–H and O–H groups in total. The topological polar surface area (TPSA) is 55.9 Å². The molecule has 1 aromatic heterocycles. The molecular formula is C10H9ClN4S. The number of nitrogens with zero attached hydrogens (tertiary/aromatic N) is 2. The van der Waals surface area contributed by atoms with Crippen LogP contribution in [0.5, 0.6) is 0 Å². The molecular weight excluding hydrogens is 244 g/mol. The van der Waals surface area contributed by atoms with Crippen LogP contribution in [-0.2, 0) is 0 Å². The van der Waals surface area contributed by atoms with Crippen LogP contribution in [0.2, 0.25) is 5.02 Å². The molecule has 1 aromatic carbocycles. The minimum atomic E-state index is 0.431. The Hall–Kier alpha value is -1.59. The van der Waals surface area contributed by atoms with E-state index in [0.717, 1.165) is 5.69 Å². The molecule has 0 radical (unpaired) electrons. The van der Waals surface area contributed by atoms with Gasteiger partial charge in [-0.25, -0.2) is 4.68 Å². The third-order valence-electron chi connectivity index (χ3n) is 1.91. The van der Waals surface area contributed by atoms with Gasteiger partial charge in [-0.1, -0.05) is 11.6 Å². The van der Waals surface area contributed by atoms with Gasteiger partial charge < -0.3 is 11.1 Å². The lowest BCUT2D eigenvalue weighted by atomic mass is 10.3. The summed E-state index contributed by atoms with van der Waals surface area (Å²) in [6.07, 6.45) is 1.70. The fraction of sp³-hybridized carbons (Fsp3) is 0. The first kappa shape index (κ1) is 10.9. The van der Waals surface area contributed by atoms with Gasteiger partial charge in [0.1, 0.15) is 5.82 Å². The van der Waals surface area contributed by atoms with Crippen molar-refractivity contribution in [3.8, 4) is 0 Å². The number of hydrogen-bond donors (Lipinski definition) is 2. The fourth-order valence-corrected chi connectivity index (χ4v) is 1.51. The lowest BCUT2D eigenvalue weighted by Crippen LogP contribution is -2.19. The summed E-state index contributed by atoms with van der Waals surface area (Å²) >= 11 is 10.9.